The third-order valence-electron chi connectivity index (χ3n) is 6.23. The zero-order chi connectivity index (χ0) is 27.7. The molecule has 0 spiro atoms. The van der Waals surface area contributed by atoms with Gasteiger partial charge in [-0.15, -0.1) is 0 Å². The molecule has 7 nitrogen and oxygen atoms in total. The van der Waals surface area contributed by atoms with Crippen molar-refractivity contribution in [3.63, 3.8) is 0 Å². The van der Waals surface area contributed by atoms with Crippen molar-refractivity contribution in [2.75, 3.05) is 17.4 Å². The SMILES string of the molecule is CCCCNC(=O)[C@H](C)N(Cc1cccc(Cl)c1)C(=O)CN(c1ccccc1C)S(=O)(=O)c1ccccc1. The number of amides is 2. The normalized spacial score (nSPS) is 12.0. The second-order valence-corrected chi connectivity index (χ2v) is 11.4. The lowest BCUT2D eigenvalue weighted by atomic mass is 10.1. The summed E-state index contributed by atoms with van der Waals surface area (Å²) >= 11 is 6.17. The Labute approximate surface area is 230 Å². The number of aryl methyl sites for hydroxylation is 1. The van der Waals surface area contributed by atoms with Gasteiger partial charge >= 0.3 is 0 Å². The number of carbonyl (C=O) groups is 2. The summed E-state index contributed by atoms with van der Waals surface area (Å²) in [5.41, 5.74) is 1.83. The van der Waals surface area contributed by atoms with Gasteiger partial charge in [0.05, 0.1) is 10.6 Å². The fraction of sp³-hybridized carbons (Fsp3) is 0.310. The quantitative estimate of drug-likeness (QED) is 0.312. The number of para-hydroxylation sites is 1. The Morgan fingerprint density at radius 3 is 2.32 bits per heavy atom. The minimum atomic E-state index is -4.08. The number of nitrogens with one attached hydrogen (secondary N) is 1. The number of benzene rings is 3. The molecule has 3 rings (SSSR count). The van der Waals surface area contributed by atoms with E-state index in [0.29, 0.717) is 22.8 Å². The standard InChI is InChI=1S/C29H34ClN3O4S/c1-4-5-18-31-29(35)23(3)32(20-24-13-11-14-25(30)19-24)28(34)21-33(27-17-10-9-12-22(27)2)38(36,37)26-15-7-6-8-16-26/h6-17,19,23H,4-5,18,20-21H2,1-3H3,(H,31,35)/t23-/m0/s1. The highest BCUT2D eigenvalue weighted by Crippen LogP contribution is 2.27. The van der Waals surface area contributed by atoms with Crippen LogP contribution in [0, 0.1) is 6.92 Å². The van der Waals surface area contributed by atoms with Gasteiger partial charge in [-0.1, -0.05) is 73.5 Å². The number of hydrogen-bond donors (Lipinski definition) is 1. The van der Waals surface area contributed by atoms with Crippen LogP contribution >= 0.6 is 11.6 Å². The van der Waals surface area contributed by atoms with Crippen LogP contribution in [0.25, 0.3) is 0 Å². The van der Waals surface area contributed by atoms with Crippen LogP contribution in [0.2, 0.25) is 5.02 Å². The predicted octanol–water partition coefficient (Wildman–Crippen LogP) is 5.18. The van der Waals surface area contributed by atoms with Crippen molar-refractivity contribution in [2.45, 2.75) is 51.1 Å². The van der Waals surface area contributed by atoms with Gasteiger partial charge in [-0.05, 0) is 61.7 Å². The lowest BCUT2D eigenvalue weighted by Crippen LogP contribution is -2.51. The Kier molecular flexibility index (Phi) is 10.3. The van der Waals surface area contributed by atoms with E-state index >= 15 is 0 Å². The number of anilines is 1. The number of unbranched alkanes of at least 4 members (excludes halogenated alkanes) is 1. The summed E-state index contributed by atoms with van der Waals surface area (Å²) in [4.78, 5) is 28.3. The monoisotopic (exact) mass is 555 g/mol. The van der Waals surface area contributed by atoms with Crippen molar-refractivity contribution < 1.29 is 18.0 Å². The molecular weight excluding hydrogens is 522 g/mol. The van der Waals surface area contributed by atoms with E-state index in [1.807, 2.05) is 19.1 Å². The number of halogens is 1. The molecule has 9 heteroatoms. The van der Waals surface area contributed by atoms with Crippen molar-refractivity contribution in [3.8, 4) is 0 Å². The van der Waals surface area contributed by atoms with E-state index in [-0.39, 0.29) is 17.3 Å². The van der Waals surface area contributed by atoms with Crippen LogP contribution in [-0.2, 0) is 26.2 Å². The third kappa shape index (κ3) is 7.36. The highest BCUT2D eigenvalue weighted by atomic mass is 35.5. The van der Waals surface area contributed by atoms with E-state index in [1.165, 1.54) is 17.0 Å². The molecule has 1 N–H and O–H groups in total. The maximum absolute atomic E-state index is 13.9. The van der Waals surface area contributed by atoms with E-state index in [0.717, 1.165) is 22.7 Å². The summed E-state index contributed by atoms with van der Waals surface area (Å²) in [7, 11) is -4.08. The lowest BCUT2D eigenvalue weighted by molar-refractivity contribution is -0.139. The van der Waals surface area contributed by atoms with Crippen molar-refractivity contribution >= 4 is 39.1 Å². The van der Waals surface area contributed by atoms with E-state index < -0.39 is 28.5 Å². The van der Waals surface area contributed by atoms with Gasteiger partial charge in [0, 0.05) is 18.1 Å². The molecule has 3 aromatic rings. The summed E-state index contributed by atoms with van der Waals surface area (Å²) < 4.78 is 28.7. The van der Waals surface area contributed by atoms with Crippen molar-refractivity contribution in [3.05, 3.63) is 95.0 Å². The van der Waals surface area contributed by atoms with Crippen LogP contribution in [0.1, 0.15) is 37.8 Å². The van der Waals surface area contributed by atoms with Gasteiger partial charge < -0.3 is 10.2 Å². The van der Waals surface area contributed by atoms with E-state index in [2.05, 4.69) is 5.32 Å². The fourth-order valence-electron chi connectivity index (χ4n) is 4.03. The number of nitrogens with zero attached hydrogens (tertiary/aromatic N) is 2. The van der Waals surface area contributed by atoms with Crippen molar-refractivity contribution in [1.82, 2.24) is 10.2 Å². The predicted molar refractivity (Wildman–Crippen MR) is 152 cm³/mol. The molecule has 0 saturated carbocycles. The zero-order valence-electron chi connectivity index (χ0n) is 21.9. The first-order chi connectivity index (χ1) is 18.1. The van der Waals surface area contributed by atoms with Crippen LogP contribution < -0.4 is 9.62 Å². The molecule has 202 valence electrons. The lowest BCUT2D eigenvalue weighted by Gasteiger charge is -2.32. The average Bonchev–Trinajstić information content (AvgIpc) is 2.91. The minimum Gasteiger partial charge on any atom is -0.354 e. The molecule has 1 atom stereocenters. The number of hydrogen-bond acceptors (Lipinski definition) is 4. The summed E-state index contributed by atoms with van der Waals surface area (Å²) in [6, 6.07) is 21.2. The van der Waals surface area contributed by atoms with Crippen molar-refractivity contribution in [1.29, 1.82) is 0 Å². The van der Waals surface area contributed by atoms with Crippen LogP contribution in [0.3, 0.4) is 0 Å². The maximum atomic E-state index is 13.9. The van der Waals surface area contributed by atoms with Gasteiger partial charge in [0.25, 0.3) is 10.0 Å². The highest BCUT2D eigenvalue weighted by molar-refractivity contribution is 7.92. The smallest absolute Gasteiger partial charge is 0.264 e. The molecule has 0 unspecified atom stereocenters. The molecule has 0 aromatic heterocycles. The van der Waals surface area contributed by atoms with Gasteiger partial charge in [-0.2, -0.15) is 0 Å². The summed E-state index contributed by atoms with van der Waals surface area (Å²) in [6.07, 6.45) is 1.74. The molecule has 0 aliphatic rings. The summed E-state index contributed by atoms with van der Waals surface area (Å²) in [5, 5.41) is 3.38. The molecule has 0 aliphatic carbocycles. The van der Waals surface area contributed by atoms with Crippen LogP contribution in [0.5, 0.6) is 0 Å². The van der Waals surface area contributed by atoms with Crippen LogP contribution in [0.15, 0.2) is 83.8 Å². The fourth-order valence-corrected chi connectivity index (χ4v) is 5.74. The molecule has 38 heavy (non-hydrogen) atoms. The second kappa shape index (κ2) is 13.4. The zero-order valence-corrected chi connectivity index (χ0v) is 23.5. The van der Waals surface area contributed by atoms with Gasteiger partial charge in [0.2, 0.25) is 11.8 Å². The van der Waals surface area contributed by atoms with Gasteiger partial charge in [-0.25, -0.2) is 8.42 Å². The average molecular weight is 556 g/mol. The molecule has 0 fully saturated rings. The van der Waals surface area contributed by atoms with Gasteiger partial charge in [-0.3, -0.25) is 13.9 Å². The van der Waals surface area contributed by atoms with Crippen molar-refractivity contribution in [2.24, 2.45) is 0 Å². The first-order valence-electron chi connectivity index (χ1n) is 12.6. The van der Waals surface area contributed by atoms with Gasteiger partial charge in [0.1, 0.15) is 12.6 Å². The Morgan fingerprint density at radius 1 is 0.974 bits per heavy atom. The Bertz CT molecular complexity index is 1350. The molecule has 3 aromatic carbocycles. The summed E-state index contributed by atoms with van der Waals surface area (Å²) in [5.74, 6) is -0.812. The first-order valence-corrected chi connectivity index (χ1v) is 14.4. The first kappa shape index (κ1) is 29.2. The largest absolute Gasteiger partial charge is 0.354 e. The van der Waals surface area contributed by atoms with Crippen LogP contribution in [0.4, 0.5) is 5.69 Å². The molecule has 0 heterocycles. The molecule has 0 bridgehead atoms. The second-order valence-electron chi connectivity index (χ2n) is 9.08. The topological polar surface area (TPSA) is 86.8 Å². The molecule has 2 amide bonds. The van der Waals surface area contributed by atoms with Gasteiger partial charge in [0.15, 0.2) is 0 Å². The Balaban J connectivity index is 2.00. The third-order valence-corrected chi connectivity index (χ3v) is 8.24. The maximum Gasteiger partial charge on any atom is 0.264 e. The number of rotatable bonds is 12. The highest BCUT2D eigenvalue weighted by Gasteiger charge is 2.33. The number of carbonyl (C=O) groups excluding carboxylic acids is 2. The Hall–Kier alpha value is -3.36. The molecule has 0 saturated heterocycles. The molecule has 0 radical (unpaired) electrons. The van der Waals surface area contributed by atoms with E-state index in [9.17, 15) is 18.0 Å². The Morgan fingerprint density at radius 2 is 1.66 bits per heavy atom. The van der Waals surface area contributed by atoms with Crippen LogP contribution in [-0.4, -0.2) is 44.3 Å². The number of sulfonamides is 1. The van der Waals surface area contributed by atoms with E-state index in [1.54, 1.807) is 68.4 Å². The molecular formula is C29H34ClN3O4S. The molecule has 0 aliphatic heterocycles. The van der Waals surface area contributed by atoms with E-state index in [4.69, 9.17) is 11.6 Å². The summed E-state index contributed by atoms with van der Waals surface area (Å²) in [6.45, 7) is 5.58. The minimum absolute atomic E-state index is 0.0720.